The number of allylic oxidation sites excluding steroid dienone is 2. The second-order valence-electron chi connectivity index (χ2n) is 1.66. The molecule has 9 heavy (non-hydrogen) atoms. The van der Waals surface area contributed by atoms with Crippen LogP contribution in [0.4, 0.5) is 0 Å². The Morgan fingerprint density at radius 2 is 2.22 bits per heavy atom. The maximum Gasteiger partial charge on any atom is 0.125 e. The van der Waals surface area contributed by atoms with E-state index in [-0.39, 0.29) is 0 Å². The Bertz CT molecular complexity index is 154. The molecule has 2 N–H and O–H groups in total. The van der Waals surface area contributed by atoms with Crippen molar-refractivity contribution in [2.24, 2.45) is 10.7 Å². The summed E-state index contributed by atoms with van der Waals surface area (Å²) in [5.41, 5.74) is 6.36. The van der Waals surface area contributed by atoms with Crippen molar-refractivity contribution in [3.05, 3.63) is 24.0 Å². The first-order valence-corrected chi connectivity index (χ1v) is 2.79. The Hall–Kier alpha value is -1.05. The standard InChI is InChI=1S/C7H12N2/c1-4-6(3)7(8)9-5-2/h4-5H,1,8H2,2-3H3/b7-6-,9-5-. The van der Waals surface area contributed by atoms with E-state index < -0.39 is 0 Å². The fourth-order valence-corrected chi connectivity index (χ4v) is 0.345. The summed E-state index contributed by atoms with van der Waals surface area (Å²) < 4.78 is 0. The lowest BCUT2D eigenvalue weighted by Crippen LogP contribution is -1.95. The summed E-state index contributed by atoms with van der Waals surface area (Å²) in [5.74, 6) is 0.535. The van der Waals surface area contributed by atoms with Gasteiger partial charge in [-0.1, -0.05) is 12.7 Å². The monoisotopic (exact) mass is 124 g/mol. The summed E-state index contributed by atoms with van der Waals surface area (Å²) in [6.45, 7) is 7.25. The highest BCUT2D eigenvalue weighted by Crippen LogP contribution is 1.97. The van der Waals surface area contributed by atoms with Crippen molar-refractivity contribution in [1.29, 1.82) is 0 Å². The van der Waals surface area contributed by atoms with Crippen LogP contribution in [0.1, 0.15) is 13.8 Å². The average molecular weight is 124 g/mol. The van der Waals surface area contributed by atoms with Crippen molar-refractivity contribution in [3.63, 3.8) is 0 Å². The molecular formula is C7H12N2. The van der Waals surface area contributed by atoms with Crippen LogP contribution in [0.3, 0.4) is 0 Å². The third kappa shape index (κ3) is 2.69. The largest absolute Gasteiger partial charge is 0.383 e. The summed E-state index contributed by atoms with van der Waals surface area (Å²) in [4.78, 5) is 3.86. The fraction of sp³-hybridized carbons (Fsp3) is 0.286. The lowest BCUT2D eigenvalue weighted by molar-refractivity contribution is 1.19. The van der Waals surface area contributed by atoms with E-state index in [1.807, 2.05) is 13.8 Å². The maximum absolute atomic E-state index is 5.45. The molecule has 0 amide bonds. The molecule has 0 fully saturated rings. The molecule has 0 aromatic carbocycles. The van der Waals surface area contributed by atoms with Gasteiger partial charge in [0.1, 0.15) is 5.82 Å². The van der Waals surface area contributed by atoms with Crippen LogP contribution >= 0.6 is 0 Å². The summed E-state index contributed by atoms with van der Waals surface area (Å²) in [6.07, 6.45) is 3.34. The minimum Gasteiger partial charge on any atom is -0.383 e. The minimum absolute atomic E-state index is 0.535. The normalized spacial score (nSPS) is 13.6. The van der Waals surface area contributed by atoms with Gasteiger partial charge >= 0.3 is 0 Å². The molecule has 0 rings (SSSR count). The second kappa shape index (κ2) is 3.89. The first-order chi connectivity index (χ1) is 4.22. The number of nitrogens with zero attached hydrogens (tertiary/aromatic N) is 1. The molecule has 0 aliphatic rings. The summed E-state index contributed by atoms with van der Waals surface area (Å²) in [5, 5.41) is 0. The van der Waals surface area contributed by atoms with E-state index in [1.54, 1.807) is 12.3 Å². The fourth-order valence-electron chi connectivity index (χ4n) is 0.345. The van der Waals surface area contributed by atoms with Crippen LogP contribution in [0.2, 0.25) is 0 Å². The van der Waals surface area contributed by atoms with Crippen LogP contribution in [-0.4, -0.2) is 6.21 Å². The molecule has 50 valence electrons. The zero-order chi connectivity index (χ0) is 7.28. The van der Waals surface area contributed by atoms with Gasteiger partial charge < -0.3 is 5.73 Å². The molecule has 2 heteroatoms. The van der Waals surface area contributed by atoms with Crippen LogP contribution in [0.15, 0.2) is 29.0 Å². The Morgan fingerprint density at radius 1 is 1.67 bits per heavy atom. The van der Waals surface area contributed by atoms with Crippen LogP contribution < -0.4 is 5.73 Å². The highest BCUT2D eigenvalue weighted by Gasteiger charge is 1.85. The Morgan fingerprint density at radius 3 is 2.56 bits per heavy atom. The third-order valence-electron chi connectivity index (χ3n) is 0.978. The molecule has 0 unspecified atom stereocenters. The number of rotatable bonds is 2. The highest BCUT2D eigenvalue weighted by atomic mass is 14.9. The van der Waals surface area contributed by atoms with Gasteiger partial charge in [-0.25, -0.2) is 4.99 Å². The molecular weight excluding hydrogens is 112 g/mol. The van der Waals surface area contributed by atoms with Gasteiger partial charge in [0, 0.05) is 6.21 Å². The van der Waals surface area contributed by atoms with Crippen molar-refractivity contribution >= 4 is 6.21 Å². The predicted molar refractivity (Wildman–Crippen MR) is 41.3 cm³/mol. The van der Waals surface area contributed by atoms with Gasteiger partial charge in [0.2, 0.25) is 0 Å². The van der Waals surface area contributed by atoms with Crippen LogP contribution in [0, 0.1) is 0 Å². The second-order valence-corrected chi connectivity index (χ2v) is 1.66. The topological polar surface area (TPSA) is 38.4 Å². The summed E-state index contributed by atoms with van der Waals surface area (Å²) in [7, 11) is 0. The summed E-state index contributed by atoms with van der Waals surface area (Å²) in [6, 6.07) is 0. The van der Waals surface area contributed by atoms with Crippen molar-refractivity contribution in [2.45, 2.75) is 13.8 Å². The van der Waals surface area contributed by atoms with Gasteiger partial charge in [0.15, 0.2) is 0 Å². The first kappa shape index (κ1) is 7.95. The Balaban J connectivity index is 4.27. The smallest absolute Gasteiger partial charge is 0.125 e. The van der Waals surface area contributed by atoms with Crippen LogP contribution in [0.5, 0.6) is 0 Å². The van der Waals surface area contributed by atoms with Gasteiger partial charge in [0.25, 0.3) is 0 Å². The molecule has 0 heterocycles. The van der Waals surface area contributed by atoms with Crippen LogP contribution in [0.25, 0.3) is 0 Å². The van der Waals surface area contributed by atoms with Gasteiger partial charge in [-0.05, 0) is 19.4 Å². The van der Waals surface area contributed by atoms with Crippen molar-refractivity contribution < 1.29 is 0 Å². The molecule has 0 aromatic heterocycles. The Labute approximate surface area is 55.8 Å². The molecule has 0 saturated carbocycles. The SMILES string of the molecule is C=C/C(C)=C(N)\N=C/C. The maximum atomic E-state index is 5.45. The van der Waals surface area contributed by atoms with E-state index in [9.17, 15) is 0 Å². The van der Waals surface area contributed by atoms with Gasteiger partial charge in [-0.15, -0.1) is 0 Å². The lowest BCUT2D eigenvalue weighted by Gasteiger charge is -1.93. The first-order valence-electron chi connectivity index (χ1n) is 2.79. The van der Waals surface area contributed by atoms with Crippen molar-refractivity contribution in [2.75, 3.05) is 0 Å². The zero-order valence-electron chi connectivity index (χ0n) is 5.89. The van der Waals surface area contributed by atoms with Gasteiger partial charge in [-0.3, -0.25) is 0 Å². The number of aliphatic imine (C=N–C) groups is 1. The van der Waals surface area contributed by atoms with E-state index in [4.69, 9.17) is 5.73 Å². The molecule has 2 nitrogen and oxygen atoms in total. The van der Waals surface area contributed by atoms with Gasteiger partial charge in [-0.2, -0.15) is 0 Å². The number of nitrogens with two attached hydrogens (primary N) is 1. The van der Waals surface area contributed by atoms with E-state index in [0.29, 0.717) is 5.82 Å². The average Bonchev–Trinajstić information content (AvgIpc) is 1.87. The highest BCUT2D eigenvalue weighted by molar-refractivity contribution is 5.55. The molecule has 0 bridgehead atoms. The molecule has 0 aliphatic carbocycles. The number of hydrogen-bond donors (Lipinski definition) is 1. The third-order valence-corrected chi connectivity index (χ3v) is 0.978. The Kier molecular flexibility index (Phi) is 3.44. The molecule has 0 spiro atoms. The number of hydrogen-bond acceptors (Lipinski definition) is 2. The molecule has 0 atom stereocenters. The van der Waals surface area contributed by atoms with Crippen molar-refractivity contribution in [1.82, 2.24) is 0 Å². The quantitative estimate of drug-likeness (QED) is 0.439. The van der Waals surface area contributed by atoms with E-state index >= 15 is 0 Å². The van der Waals surface area contributed by atoms with E-state index in [2.05, 4.69) is 11.6 Å². The molecule has 0 aliphatic heterocycles. The molecule has 0 saturated heterocycles. The van der Waals surface area contributed by atoms with Crippen LogP contribution in [-0.2, 0) is 0 Å². The molecule has 0 aromatic rings. The predicted octanol–water partition coefficient (Wildman–Crippen LogP) is 1.45. The zero-order valence-corrected chi connectivity index (χ0v) is 5.89. The van der Waals surface area contributed by atoms with Gasteiger partial charge in [0.05, 0.1) is 0 Å². The lowest BCUT2D eigenvalue weighted by atomic mass is 10.3. The van der Waals surface area contributed by atoms with Crippen molar-refractivity contribution in [3.8, 4) is 0 Å². The van der Waals surface area contributed by atoms with E-state index in [1.165, 1.54) is 0 Å². The summed E-state index contributed by atoms with van der Waals surface area (Å²) >= 11 is 0. The minimum atomic E-state index is 0.535. The molecule has 0 radical (unpaired) electrons. The van der Waals surface area contributed by atoms with E-state index in [0.717, 1.165) is 5.57 Å².